The molecule has 1 unspecified atom stereocenters. The van der Waals surface area contributed by atoms with Crippen LogP contribution in [0, 0.1) is 0 Å². The Bertz CT molecular complexity index is 454. The predicted octanol–water partition coefficient (Wildman–Crippen LogP) is 2.09. The van der Waals surface area contributed by atoms with Crippen molar-refractivity contribution in [1.29, 1.82) is 0 Å². The van der Waals surface area contributed by atoms with Crippen LogP contribution in [0.25, 0.3) is 0 Å². The van der Waals surface area contributed by atoms with Gasteiger partial charge in [0.2, 0.25) is 0 Å². The average Bonchev–Trinajstić information content (AvgIpc) is 2.39. The largest absolute Gasteiger partial charge is 0.320 e. The van der Waals surface area contributed by atoms with E-state index in [-0.39, 0.29) is 6.04 Å². The van der Waals surface area contributed by atoms with Crippen LogP contribution in [0.4, 0.5) is 0 Å². The van der Waals surface area contributed by atoms with Gasteiger partial charge in [-0.15, -0.1) is 0 Å². The number of nitrogens with zero attached hydrogens (tertiary/aromatic N) is 2. The van der Waals surface area contributed by atoms with Crippen LogP contribution in [-0.4, -0.2) is 9.97 Å². The number of hydrogen-bond acceptors (Lipinski definition) is 3. The van der Waals surface area contributed by atoms with Gasteiger partial charge in [0.15, 0.2) is 0 Å². The first-order chi connectivity index (χ1) is 7.83. The third-order valence-electron chi connectivity index (χ3n) is 2.70. The van der Waals surface area contributed by atoms with Gasteiger partial charge in [0, 0.05) is 24.8 Å². The molecule has 0 spiro atoms. The highest BCUT2D eigenvalue weighted by atomic mass is 14.7. The maximum atomic E-state index is 6.22. The summed E-state index contributed by atoms with van der Waals surface area (Å²) in [6, 6.07) is 5.77. The second-order valence-corrected chi connectivity index (χ2v) is 3.69. The Hall–Kier alpha value is -1.74. The molecule has 1 atom stereocenters. The second kappa shape index (κ2) is 4.86. The van der Waals surface area contributed by atoms with Gasteiger partial charge in [-0.2, -0.15) is 0 Å². The van der Waals surface area contributed by atoms with Crippen LogP contribution >= 0.6 is 0 Å². The molecule has 0 aliphatic heterocycles. The highest BCUT2D eigenvalue weighted by Gasteiger charge is 2.11. The molecule has 2 N–H and O–H groups in total. The first kappa shape index (κ1) is 10.8. The summed E-state index contributed by atoms with van der Waals surface area (Å²) in [5, 5.41) is 0. The van der Waals surface area contributed by atoms with Crippen molar-refractivity contribution in [1.82, 2.24) is 9.97 Å². The molecule has 0 bridgehead atoms. The Morgan fingerprint density at radius 2 is 2.00 bits per heavy atom. The maximum absolute atomic E-state index is 6.22. The summed E-state index contributed by atoms with van der Waals surface area (Å²) in [4.78, 5) is 8.21. The summed E-state index contributed by atoms with van der Waals surface area (Å²) < 4.78 is 0. The lowest BCUT2D eigenvalue weighted by Crippen LogP contribution is -2.14. The standard InChI is InChI=1S/C13H15N3/c1-2-10-8-16-7-5-12(10)13(14)11-4-3-6-15-9-11/h3-9,13H,2,14H2,1H3. The van der Waals surface area contributed by atoms with Crippen LogP contribution in [-0.2, 0) is 6.42 Å². The molecule has 0 amide bonds. The predicted molar refractivity (Wildman–Crippen MR) is 63.9 cm³/mol. The molecular formula is C13H15N3. The van der Waals surface area contributed by atoms with E-state index < -0.39 is 0 Å². The van der Waals surface area contributed by atoms with Crippen LogP contribution in [0.2, 0.25) is 0 Å². The van der Waals surface area contributed by atoms with Crippen molar-refractivity contribution in [3.63, 3.8) is 0 Å². The Kier molecular flexibility index (Phi) is 3.27. The molecular weight excluding hydrogens is 198 g/mol. The van der Waals surface area contributed by atoms with Gasteiger partial charge in [-0.3, -0.25) is 9.97 Å². The smallest absolute Gasteiger partial charge is 0.0570 e. The Morgan fingerprint density at radius 3 is 2.69 bits per heavy atom. The third-order valence-corrected chi connectivity index (χ3v) is 2.70. The van der Waals surface area contributed by atoms with Crippen LogP contribution in [0.15, 0.2) is 43.0 Å². The summed E-state index contributed by atoms with van der Waals surface area (Å²) in [5.41, 5.74) is 9.58. The molecule has 2 aromatic rings. The lowest BCUT2D eigenvalue weighted by Gasteiger charge is -2.15. The second-order valence-electron chi connectivity index (χ2n) is 3.69. The molecule has 3 heteroatoms. The van der Waals surface area contributed by atoms with E-state index >= 15 is 0 Å². The minimum atomic E-state index is -0.119. The lowest BCUT2D eigenvalue weighted by atomic mass is 9.97. The van der Waals surface area contributed by atoms with E-state index in [0.717, 1.165) is 17.5 Å². The fraction of sp³-hybridized carbons (Fsp3) is 0.231. The number of nitrogens with two attached hydrogens (primary N) is 1. The zero-order chi connectivity index (χ0) is 11.4. The third kappa shape index (κ3) is 2.09. The monoisotopic (exact) mass is 213 g/mol. The van der Waals surface area contributed by atoms with Gasteiger partial charge in [0.05, 0.1) is 6.04 Å². The van der Waals surface area contributed by atoms with Gasteiger partial charge in [-0.05, 0) is 35.2 Å². The molecule has 0 fully saturated rings. The molecule has 0 radical (unpaired) electrons. The molecule has 0 aromatic carbocycles. The number of pyridine rings is 2. The highest BCUT2D eigenvalue weighted by molar-refractivity contribution is 5.34. The van der Waals surface area contributed by atoms with Crippen LogP contribution in [0.5, 0.6) is 0 Å². The van der Waals surface area contributed by atoms with Gasteiger partial charge < -0.3 is 5.73 Å². The SMILES string of the molecule is CCc1cnccc1C(N)c1cccnc1. The van der Waals surface area contributed by atoms with E-state index in [4.69, 9.17) is 5.73 Å². The molecule has 2 aromatic heterocycles. The molecule has 0 aliphatic rings. The zero-order valence-corrected chi connectivity index (χ0v) is 9.30. The minimum Gasteiger partial charge on any atom is -0.320 e. The number of hydrogen-bond donors (Lipinski definition) is 1. The van der Waals surface area contributed by atoms with E-state index in [1.807, 2.05) is 30.6 Å². The molecule has 0 saturated heterocycles. The summed E-state index contributed by atoms with van der Waals surface area (Å²) >= 11 is 0. The van der Waals surface area contributed by atoms with Gasteiger partial charge in [0.25, 0.3) is 0 Å². The number of aromatic nitrogens is 2. The fourth-order valence-corrected chi connectivity index (χ4v) is 1.78. The van der Waals surface area contributed by atoms with E-state index in [9.17, 15) is 0 Å². The van der Waals surface area contributed by atoms with Crippen molar-refractivity contribution >= 4 is 0 Å². The van der Waals surface area contributed by atoms with Crippen LogP contribution in [0.1, 0.15) is 29.7 Å². The average molecular weight is 213 g/mol. The molecule has 82 valence electrons. The number of aryl methyl sites for hydroxylation is 1. The van der Waals surface area contributed by atoms with Crippen molar-refractivity contribution in [3.8, 4) is 0 Å². The van der Waals surface area contributed by atoms with E-state index in [0.29, 0.717) is 0 Å². The molecule has 2 heterocycles. The maximum Gasteiger partial charge on any atom is 0.0570 e. The Morgan fingerprint density at radius 1 is 1.19 bits per heavy atom. The van der Waals surface area contributed by atoms with Gasteiger partial charge in [-0.25, -0.2) is 0 Å². The topological polar surface area (TPSA) is 51.8 Å². The summed E-state index contributed by atoms with van der Waals surface area (Å²) in [6.45, 7) is 2.11. The molecule has 16 heavy (non-hydrogen) atoms. The van der Waals surface area contributed by atoms with Gasteiger partial charge in [0.1, 0.15) is 0 Å². The van der Waals surface area contributed by atoms with Crippen LogP contribution < -0.4 is 5.73 Å². The van der Waals surface area contributed by atoms with E-state index in [1.165, 1.54) is 5.56 Å². The Labute approximate surface area is 95.4 Å². The lowest BCUT2D eigenvalue weighted by molar-refractivity contribution is 0.837. The molecule has 0 aliphatic carbocycles. The molecule has 2 rings (SSSR count). The highest BCUT2D eigenvalue weighted by Crippen LogP contribution is 2.21. The quantitative estimate of drug-likeness (QED) is 0.849. The van der Waals surface area contributed by atoms with E-state index in [2.05, 4.69) is 16.9 Å². The Balaban J connectivity index is 2.37. The fourth-order valence-electron chi connectivity index (χ4n) is 1.78. The van der Waals surface area contributed by atoms with Crippen molar-refractivity contribution in [3.05, 3.63) is 59.7 Å². The summed E-state index contributed by atoms with van der Waals surface area (Å²) in [7, 11) is 0. The number of rotatable bonds is 3. The van der Waals surface area contributed by atoms with Gasteiger partial charge in [-0.1, -0.05) is 13.0 Å². The minimum absolute atomic E-state index is 0.119. The molecule has 0 saturated carbocycles. The summed E-state index contributed by atoms with van der Waals surface area (Å²) in [5.74, 6) is 0. The first-order valence-electron chi connectivity index (χ1n) is 5.41. The van der Waals surface area contributed by atoms with Crippen molar-refractivity contribution in [2.45, 2.75) is 19.4 Å². The van der Waals surface area contributed by atoms with Crippen molar-refractivity contribution in [2.75, 3.05) is 0 Å². The van der Waals surface area contributed by atoms with Crippen molar-refractivity contribution in [2.24, 2.45) is 5.73 Å². The van der Waals surface area contributed by atoms with Crippen LogP contribution in [0.3, 0.4) is 0 Å². The van der Waals surface area contributed by atoms with Gasteiger partial charge >= 0.3 is 0 Å². The summed E-state index contributed by atoms with van der Waals surface area (Å²) in [6.07, 6.45) is 8.17. The van der Waals surface area contributed by atoms with E-state index in [1.54, 1.807) is 12.4 Å². The first-order valence-corrected chi connectivity index (χ1v) is 5.41. The zero-order valence-electron chi connectivity index (χ0n) is 9.30. The van der Waals surface area contributed by atoms with Crippen molar-refractivity contribution < 1.29 is 0 Å². The molecule has 3 nitrogen and oxygen atoms in total. The normalized spacial score (nSPS) is 12.4.